The fraction of sp³-hybridized carbons (Fsp3) is 0.186. The van der Waals surface area contributed by atoms with Crippen molar-refractivity contribution in [3.63, 3.8) is 0 Å². The molecule has 52 heavy (non-hydrogen) atoms. The summed E-state index contributed by atoms with van der Waals surface area (Å²) in [5.74, 6) is -0.530. The molecule has 0 N–H and O–H groups in total. The molecule has 0 unspecified atom stereocenters. The highest BCUT2D eigenvalue weighted by Crippen LogP contribution is 2.58. The second-order valence-electron chi connectivity index (χ2n) is 12.7. The Morgan fingerprint density at radius 3 is 1.87 bits per heavy atom. The summed E-state index contributed by atoms with van der Waals surface area (Å²) in [5.41, 5.74) is 4.61. The van der Waals surface area contributed by atoms with Crippen LogP contribution in [0.2, 0.25) is 0 Å². The number of hydrogen-bond donors (Lipinski definition) is 0. The van der Waals surface area contributed by atoms with Crippen LogP contribution >= 0.6 is 0 Å². The number of nitrogens with zero attached hydrogens (tertiary/aromatic N) is 6. The zero-order valence-electron chi connectivity index (χ0n) is 29.1. The molecule has 4 aromatic carbocycles. The molecule has 7 rings (SSSR count). The number of aryl methyl sites for hydroxylation is 1. The van der Waals surface area contributed by atoms with Gasteiger partial charge in [0.05, 0.1) is 30.3 Å². The molecule has 0 atom stereocenters. The molecule has 0 fully saturated rings. The molecule has 0 saturated heterocycles. The van der Waals surface area contributed by atoms with Gasteiger partial charge in [-0.3, -0.25) is 9.78 Å². The first-order valence-electron chi connectivity index (χ1n) is 17.4. The summed E-state index contributed by atoms with van der Waals surface area (Å²) < 4.78 is 6.57. The summed E-state index contributed by atoms with van der Waals surface area (Å²) in [6.07, 6.45) is 4.29. The normalized spacial score (nSPS) is 13.3. The molecule has 2 aromatic heterocycles. The van der Waals surface area contributed by atoms with Crippen molar-refractivity contribution >= 4 is 5.97 Å². The number of methoxy groups -OCH3 is 1. The minimum absolute atomic E-state index is 0.252. The molecule has 0 radical (unpaired) electrons. The summed E-state index contributed by atoms with van der Waals surface area (Å²) in [7, 11) is 1.31. The van der Waals surface area contributed by atoms with E-state index < -0.39 is 17.0 Å². The highest BCUT2D eigenvalue weighted by molar-refractivity contribution is 5.89. The van der Waals surface area contributed by atoms with E-state index in [9.17, 15) is 9.59 Å². The molecule has 1 aliphatic rings. The van der Waals surface area contributed by atoms with Crippen molar-refractivity contribution in [3.8, 4) is 11.1 Å². The number of ether oxygens (including phenoxy) is 1. The average Bonchev–Trinajstić information content (AvgIpc) is 3.71. The van der Waals surface area contributed by atoms with Gasteiger partial charge in [-0.25, -0.2) is 4.79 Å². The Morgan fingerprint density at radius 2 is 1.33 bits per heavy atom. The van der Waals surface area contributed by atoms with Gasteiger partial charge in [-0.2, -0.15) is 0 Å². The fourth-order valence-corrected chi connectivity index (χ4v) is 7.33. The number of pyridine rings is 2. The molecule has 0 saturated carbocycles. The van der Waals surface area contributed by atoms with Crippen LogP contribution in [-0.2, 0) is 28.8 Å². The van der Waals surface area contributed by atoms with Crippen molar-refractivity contribution in [2.75, 3.05) is 7.11 Å². The molecule has 258 valence electrons. The van der Waals surface area contributed by atoms with Crippen molar-refractivity contribution in [2.45, 2.75) is 43.8 Å². The van der Waals surface area contributed by atoms with E-state index in [1.165, 1.54) is 13.2 Å². The van der Waals surface area contributed by atoms with E-state index in [0.717, 1.165) is 51.9 Å². The first-order valence-corrected chi connectivity index (χ1v) is 17.4. The van der Waals surface area contributed by atoms with Crippen molar-refractivity contribution in [1.82, 2.24) is 9.55 Å². The number of benzene rings is 4. The van der Waals surface area contributed by atoms with Crippen LogP contribution in [-0.4, -0.2) is 22.6 Å². The second kappa shape index (κ2) is 14.9. The molecule has 9 nitrogen and oxygen atoms in total. The van der Waals surface area contributed by atoms with E-state index in [-0.39, 0.29) is 17.7 Å². The van der Waals surface area contributed by atoms with Crippen LogP contribution in [0.3, 0.4) is 0 Å². The topological polar surface area (TPSA) is 111 Å². The SMILES string of the molecule is CCCCc1cc(C(=O)OC)cc(=O)n1Cc1ccc(-c2ccccc2C2(C(c3ccccc3)(c3ccccc3)c3ccccc3)N=NN=N2)cn1. The standard InChI is InChI=1S/C43H38N6O3/c1-3-4-22-37-27-32(41(51)52-2)28-40(50)49(37)30-36-26-25-31(29-44-36)38-23-14-15-24-39(38)43(45-47-48-46-43)42(33-16-8-5-9-17-33,34-18-10-6-11-19-34)35-20-12-7-13-21-35/h5-21,23-29H,3-4,22,30H2,1-2H3. The lowest BCUT2D eigenvalue weighted by molar-refractivity contribution is 0.0600. The molecule has 9 heteroatoms. The zero-order chi connectivity index (χ0) is 36.0. The van der Waals surface area contributed by atoms with Gasteiger partial charge >= 0.3 is 5.97 Å². The summed E-state index contributed by atoms with van der Waals surface area (Å²) in [6.45, 7) is 2.35. The maximum Gasteiger partial charge on any atom is 0.338 e. The average molecular weight is 687 g/mol. The highest BCUT2D eigenvalue weighted by atomic mass is 16.5. The number of esters is 1. The second-order valence-corrected chi connectivity index (χ2v) is 12.7. The highest BCUT2D eigenvalue weighted by Gasteiger charge is 2.60. The number of unbranched alkanes of at least 4 members (excludes halogenated alkanes) is 1. The van der Waals surface area contributed by atoms with Gasteiger partial charge < -0.3 is 9.30 Å². The summed E-state index contributed by atoms with van der Waals surface area (Å²) in [6, 6.07) is 45.9. The van der Waals surface area contributed by atoms with E-state index >= 15 is 0 Å². The minimum atomic E-state index is -1.34. The molecule has 0 amide bonds. The van der Waals surface area contributed by atoms with Crippen LogP contribution < -0.4 is 5.56 Å². The van der Waals surface area contributed by atoms with Gasteiger partial charge in [0.15, 0.2) is 0 Å². The Labute approximate surface area is 302 Å². The van der Waals surface area contributed by atoms with Crippen LogP contribution in [0.4, 0.5) is 0 Å². The van der Waals surface area contributed by atoms with Crippen LogP contribution in [0.1, 0.15) is 63.8 Å². The van der Waals surface area contributed by atoms with Crippen molar-refractivity contribution < 1.29 is 9.53 Å². The molecule has 6 aromatic rings. The molecule has 0 spiro atoms. The summed E-state index contributed by atoms with van der Waals surface area (Å²) in [4.78, 5) is 30.4. The smallest absolute Gasteiger partial charge is 0.338 e. The molecule has 1 aliphatic heterocycles. The molecular weight excluding hydrogens is 649 g/mol. The van der Waals surface area contributed by atoms with E-state index in [2.05, 4.69) is 53.8 Å². The Bertz CT molecular complexity index is 2180. The Morgan fingerprint density at radius 1 is 0.750 bits per heavy atom. The Hall–Kier alpha value is -6.35. The van der Waals surface area contributed by atoms with E-state index in [4.69, 9.17) is 19.9 Å². The molecule has 0 bridgehead atoms. The minimum Gasteiger partial charge on any atom is -0.465 e. The number of carbonyl (C=O) groups excluding carboxylic acids is 1. The predicted molar refractivity (Wildman–Crippen MR) is 200 cm³/mol. The van der Waals surface area contributed by atoms with Gasteiger partial charge in [-0.05, 0) is 57.7 Å². The van der Waals surface area contributed by atoms with Crippen LogP contribution in [0.25, 0.3) is 11.1 Å². The maximum absolute atomic E-state index is 13.3. The number of hydrogen-bond acceptors (Lipinski definition) is 8. The third-order valence-corrected chi connectivity index (χ3v) is 9.74. The first kappa shape index (κ1) is 34.1. The van der Waals surface area contributed by atoms with E-state index in [1.807, 2.05) is 97.2 Å². The van der Waals surface area contributed by atoms with Crippen LogP contribution in [0.5, 0.6) is 0 Å². The van der Waals surface area contributed by atoms with Gasteiger partial charge in [0, 0.05) is 29.1 Å². The predicted octanol–water partition coefficient (Wildman–Crippen LogP) is 9.11. The number of carbonyl (C=O) groups is 1. The third-order valence-electron chi connectivity index (χ3n) is 9.74. The molecular formula is C43H38N6O3. The lowest BCUT2D eigenvalue weighted by Crippen LogP contribution is -2.48. The van der Waals surface area contributed by atoms with Crippen molar-refractivity contribution in [2.24, 2.45) is 20.7 Å². The van der Waals surface area contributed by atoms with Crippen LogP contribution in [0, 0.1) is 0 Å². The van der Waals surface area contributed by atoms with Gasteiger partial charge in [0.1, 0.15) is 0 Å². The molecule has 0 aliphatic carbocycles. The van der Waals surface area contributed by atoms with Gasteiger partial charge in [0.25, 0.3) is 5.56 Å². The maximum atomic E-state index is 13.3. The fourth-order valence-electron chi connectivity index (χ4n) is 7.33. The number of aromatic nitrogens is 2. The third kappa shape index (κ3) is 6.04. The van der Waals surface area contributed by atoms with Crippen molar-refractivity contribution in [1.29, 1.82) is 0 Å². The summed E-state index contributed by atoms with van der Waals surface area (Å²) in [5, 5.41) is 18.4. The number of rotatable bonds is 12. The van der Waals surface area contributed by atoms with Crippen LogP contribution in [0.15, 0.2) is 171 Å². The Kier molecular flexibility index (Phi) is 9.75. The zero-order valence-corrected chi connectivity index (χ0v) is 29.1. The Balaban J connectivity index is 1.37. The van der Waals surface area contributed by atoms with E-state index in [0.29, 0.717) is 12.1 Å². The monoisotopic (exact) mass is 686 g/mol. The first-order chi connectivity index (χ1) is 25.5. The van der Waals surface area contributed by atoms with Gasteiger partial charge in [-0.15, -0.1) is 10.2 Å². The van der Waals surface area contributed by atoms with Crippen molar-refractivity contribution in [3.05, 3.63) is 195 Å². The van der Waals surface area contributed by atoms with Gasteiger partial charge in [0.2, 0.25) is 5.66 Å². The largest absolute Gasteiger partial charge is 0.465 e. The van der Waals surface area contributed by atoms with Gasteiger partial charge in [-0.1, -0.05) is 135 Å². The lowest BCUT2D eigenvalue weighted by Gasteiger charge is -2.45. The lowest BCUT2D eigenvalue weighted by atomic mass is 9.59. The van der Waals surface area contributed by atoms with E-state index in [1.54, 1.807) is 10.6 Å². The quantitative estimate of drug-likeness (QED) is 0.0944. The summed E-state index contributed by atoms with van der Waals surface area (Å²) >= 11 is 0. The molecule has 3 heterocycles.